The fourth-order valence-electron chi connectivity index (χ4n) is 3.08. The number of nitrogens with zero attached hydrogens (tertiary/aromatic N) is 3. The number of imidazole rings is 1. The molecule has 2 unspecified atom stereocenters. The molecule has 0 saturated carbocycles. The summed E-state index contributed by atoms with van der Waals surface area (Å²) in [5.41, 5.74) is 7.02. The Morgan fingerprint density at radius 1 is 1.61 bits per heavy atom. The Morgan fingerprint density at radius 3 is 3.33 bits per heavy atom. The largest absolute Gasteiger partial charge is 0.373 e. The molecule has 18 heavy (non-hydrogen) atoms. The van der Waals surface area contributed by atoms with Crippen LogP contribution in [0.25, 0.3) is 0 Å². The summed E-state index contributed by atoms with van der Waals surface area (Å²) in [7, 11) is 0. The molecule has 0 radical (unpaired) electrons. The van der Waals surface area contributed by atoms with Crippen LogP contribution in [0.5, 0.6) is 0 Å². The van der Waals surface area contributed by atoms with Crippen LogP contribution in [0.4, 0.5) is 0 Å². The van der Waals surface area contributed by atoms with Crippen LogP contribution in [-0.4, -0.2) is 46.3 Å². The second-order valence-corrected chi connectivity index (χ2v) is 5.51. The average molecular weight is 250 g/mol. The molecule has 5 heteroatoms. The third-order valence-corrected chi connectivity index (χ3v) is 4.07. The highest BCUT2D eigenvalue weighted by molar-refractivity contribution is 5.03. The average Bonchev–Trinajstić information content (AvgIpc) is 2.96. The van der Waals surface area contributed by atoms with Crippen LogP contribution in [-0.2, 0) is 11.3 Å². The second kappa shape index (κ2) is 4.99. The van der Waals surface area contributed by atoms with Crippen molar-refractivity contribution in [2.75, 3.05) is 19.7 Å². The van der Waals surface area contributed by atoms with E-state index in [1.165, 1.54) is 19.4 Å². The molecule has 0 bridgehead atoms. The van der Waals surface area contributed by atoms with E-state index in [-0.39, 0.29) is 12.1 Å². The summed E-state index contributed by atoms with van der Waals surface area (Å²) < 4.78 is 8.10. The molecule has 2 saturated heterocycles. The minimum atomic E-state index is 0.0237. The van der Waals surface area contributed by atoms with Crippen LogP contribution >= 0.6 is 0 Å². The maximum atomic E-state index is 5.97. The lowest BCUT2D eigenvalue weighted by atomic mass is 10.2. The van der Waals surface area contributed by atoms with Crippen LogP contribution in [0, 0.1) is 0 Å². The molecule has 0 spiro atoms. The Hall–Kier alpha value is -0.910. The zero-order valence-electron chi connectivity index (χ0n) is 11.0. The smallest absolute Gasteiger partial charge is 0.0949 e. The number of ether oxygens (including phenoxy) is 1. The van der Waals surface area contributed by atoms with Crippen molar-refractivity contribution < 1.29 is 4.74 Å². The molecule has 0 aromatic carbocycles. The summed E-state index contributed by atoms with van der Waals surface area (Å²) in [5, 5.41) is 0. The van der Waals surface area contributed by atoms with Gasteiger partial charge in [-0.05, 0) is 26.3 Å². The van der Waals surface area contributed by atoms with Crippen LogP contribution in [0.2, 0.25) is 0 Å². The normalized spacial score (nSPS) is 30.3. The molecule has 2 aliphatic heterocycles. The minimum absolute atomic E-state index is 0.0237. The molecular weight excluding hydrogens is 228 g/mol. The van der Waals surface area contributed by atoms with Gasteiger partial charge in [0.2, 0.25) is 0 Å². The van der Waals surface area contributed by atoms with Gasteiger partial charge in [-0.15, -0.1) is 0 Å². The molecule has 3 atom stereocenters. The van der Waals surface area contributed by atoms with Crippen molar-refractivity contribution in [1.82, 2.24) is 14.5 Å². The minimum Gasteiger partial charge on any atom is -0.373 e. The molecule has 1 aromatic rings. The summed E-state index contributed by atoms with van der Waals surface area (Å²) in [6, 6.07) is 0.688. The highest BCUT2D eigenvalue weighted by atomic mass is 16.5. The molecule has 0 aliphatic carbocycles. The van der Waals surface area contributed by atoms with E-state index in [4.69, 9.17) is 10.5 Å². The molecule has 100 valence electrons. The van der Waals surface area contributed by atoms with Gasteiger partial charge in [0.15, 0.2) is 0 Å². The first-order valence-corrected chi connectivity index (χ1v) is 6.85. The Kier molecular flexibility index (Phi) is 3.37. The molecule has 2 N–H and O–H groups in total. The molecule has 0 amide bonds. The fourth-order valence-corrected chi connectivity index (χ4v) is 3.08. The van der Waals surface area contributed by atoms with Crippen LogP contribution < -0.4 is 5.73 Å². The molecule has 3 heterocycles. The van der Waals surface area contributed by atoms with E-state index in [2.05, 4.69) is 14.5 Å². The van der Waals surface area contributed by atoms with Gasteiger partial charge >= 0.3 is 0 Å². The van der Waals surface area contributed by atoms with Crippen molar-refractivity contribution >= 4 is 0 Å². The first-order chi connectivity index (χ1) is 8.74. The SMILES string of the molecule is C[C@H](N)c1cncn1CC1CN2CCCC2CO1. The van der Waals surface area contributed by atoms with E-state index >= 15 is 0 Å². The summed E-state index contributed by atoms with van der Waals surface area (Å²) in [6.45, 7) is 6.01. The van der Waals surface area contributed by atoms with Gasteiger partial charge in [-0.25, -0.2) is 4.98 Å². The van der Waals surface area contributed by atoms with Gasteiger partial charge in [0.1, 0.15) is 0 Å². The zero-order valence-corrected chi connectivity index (χ0v) is 11.0. The number of hydrogen-bond acceptors (Lipinski definition) is 4. The Labute approximate surface area is 108 Å². The van der Waals surface area contributed by atoms with Crippen LogP contribution in [0.1, 0.15) is 31.5 Å². The molecular formula is C13H22N4O. The van der Waals surface area contributed by atoms with Crippen molar-refractivity contribution in [3.05, 3.63) is 18.2 Å². The lowest BCUT2D eigenvalue weighted by Gasteiger charge is -2.35. The van der Waals surface area contributed by atoms with Crippen LogP contribution in [0.15, 0.2) is 12.5 Å². The van der Waals surface area contributed by atoms with E-state index in [1.54, 1.807) is 0 Å². The standard InChI is InChI=1S/C13H22N4O/c1-10(14)13-5-15-9-17(13)7-12-6-16-4-2-3-11(16)8-18-12/h5,9-12H,2-4,6-8,14H2,1H3/t10-,11?,12?/m0/s1. The molecule has 1 aromatic heterocycles. The Morgan fingerprint density at radius 2 is 2.50 bits per heavy atom. The van der Waals surface area contributed by atoms with Gasteiger partial charge in [0.05, 0.1) is 31.3 Å². The highest BCUT2D eigenvalue weighted by Gasteiger charge is 2.32. The van der Waals surface area contributed by atoms with E-state index in [1.807, 2.05) is 19.4 Å². The van der Waals surface area contributed by atoms with Crippen LogP contribution in [0.3, 0.4) is 0 Å². The Bertz CT molecular complexity index is 403. The highest BCUT2D eigenvalue weighted by Crippen LogP contribution is 2.23. The Balaban J connectivity index is 1.64. The third kappa shape index (κ3) is 2.30. The topological polar surface area (TPSA) is 56.3 Å². The number of rotatable bonds is 3. The number of aromatic nitrogens is 2. The van der Waals surface area contributed by atoms with Crippen molar-refractivity contribution in [1.29, 1.82) is 0 Å². The van der Waals surface area contributed by atoms with Gasteiger partial charge < -0.3 is 15.0 Å². The summed E-state index contributed by atoms with van der Waals surface area (Å²) >= 11 is 0. The lowest BCUT2D eigenvalue weighted by molar-refractivity contribution is -0.0554. The predicted octanol–water partition coefficient (Wildman–Crippen LogP) is 0.766. The number of fused-ring (bicyclic) bond motifs is 1. The summed E-state index contributed by atoms with van der Waals surface area (Å²) in [6.07, 6.45) is 6.59. The molecule has 2 aliphatic rings. The van der Waals surface area contributed by atoms with Crippen molar-refractivity contribution in [2.24, 2.45) is 5.73 Å². The van der Waals surface area contributed by atoms with E-state index < -0.39 is 0 Å². The summed E-state index contributed by atoms with van der Waals surface area (Å²) in [5.74, 6) is 0. The monoisotopic (exact) mass is 250 g/mol. The van der Waals surface area contributed by atoms with Gasteiger partial charge in [-0.3, -0.25) is 4.90 Å². The zero-order chi connectivity index (χ0) is 12.5. The lowest BCUT2D eigenvalue weighted by Crippen LogP contribution is -2.47. The molecule has 2 fully saturated rings. The maximum Gasteiger partial charge on any atom is 0.0949 e. The molecule has 3 rings (SSSR count). The summed E-state index contributed by atoms with van der Waals surface area (Å²) in [4.78, 5) is 6.76. The number of nitrogens with two attached hydrogens (primary N) is 1. The first kappa shape index (κ1) is 12.1. The van der Waals surface area contributed by atoms with E-state index in [0.29, 0.717) is 6.04 Å². The predicted molar refractivity (Wildman–Crippen MR) is 69.2 cm³/mol. The van der Waals surface area contributed by atoms with Crippen molar-refractivity contribution in [3.8, 4) is 0 Å². The van der Waals surface area contributed by atoms with Crippen molar-refractivity contribution in [2.45, 2.75) is 44.5 Å². The van der Waals surface area contributed by atoms with Gasteiger partial charge in [0.25, 0.3) is 0 Å². The van der Waals surface area contributed by atoms with Gasteiger partial charge in [0, 0.05) is 24.8 Å². The third-order valence-electron chi connectivity index (χ3n) is 4.07. The maximum absolute atomic E-state index is 5.97. The van der Waals surface area contributed by atoms with Crippen molar-refractivity contribution in [3.63, 3.8) is 0 Å². The first-order valence-electron chi connectivity index (χ1n) is 6.85. The molecule has 5 nitrogen and oxygen atoms in total. The quantitative estimate of drug-likeness (QED) is 0.861. The number of hydrogen-bond donors (Lipinski definition) is 1. The number of morpholine rings is 1. The van der Waals surface area contributed by atoms with E-state index in [0.717, 1.165) is 25.4 Å². The second-order valence-electron chi connectivity index (χ2n) is 5.51. The van der Waals surface area contributed by atoms with Gasteiger partial charge in [-0.1, -0.05) is 0 Å². The van der Waals surface area contributed by atoms with E-state index in [9.17, 15) is 0 Å². The van der Waals surface area contributed by atoms with Gasteiger partial charge in [-0.2, -0.15) is 0 Å². The fraction of sp³-hybridized carbons (Fsp3) is 0.769.